The van der Waals surface area contributed by atoms with Gasteiger partial charge in [-0.15, -0.1) is 0 Å². The highest BCUT2D eigenvalue weighted by molar-refractivity contribution is 5.87. The molecule has 0 aliphatic heterocycles. The molecule has 148 valence electrons. The van der Waals surface area contributed by atoms with E-state index in [-0.39, 0.29) is 11.7 Å². The van der Waals surface area contributed by atoms with Crippen LogP contribution in [0.1, 0.15) is 36.8 Å². The van der Waals surface area contributed by atoms with Crippen LogP contribution < -0.4 is 4.74 Å². The number of H-pyrrole nitrogens is 1. The van der Waals surface area contributed by atoms with Crippen LogP contribution in [0.2, 0.25) is 0 Å². The fraction of sp³-hybridized carbons (Fsp3) is 0.250. The van der Waals surface area contributed by atoms with E-state index >= 15 is 0 Å². The zero-order chi connectivity index (χ0) is 20.5. The summed E-state index contributed by atoms with van der Waals surface area (Å²) >= 11 is 0. The minimum Gasteiger partial charge on any atom is -0.481 e. The molecule has 0 aliphatic rings. The summed E-state index contributed by atoms with van der Waals surface area (Å²) in [6.07, 6.45) is 1.84. The Hall–Kier alpha value is -3.21. The molecule has 2 aromatic heterocycles. The van der Waals surface area contributed by atoms with E-state index in [9.17, 15) is 4.39 Å². The molecule has 2 heterocycles. The lowest BCUT2D eigenvalue weighted by molar-refractivity contribution is 0.384. The van der Waals surface area contributed by atoms with Gasteiger partial charge in [-0.3, -0.25) is 0 Å². The van der Waals surface area contributed by atoms with Crippen molar-refractivity contribution in [3.8, 4) is 17.1 Å². The number of fused-ring (bicyclic) bond motifs is 1. The molecule has 0 saturated heterocycles. The minimum absolute atomic E-state index is 0.0363. The van der Waals surface area contributed by atoms with Gasteiger partial charge in [0.15, 0.2) is 0 Å². The number of methoxy groups -OCH3 is 1. The molecule has 0 aliphatic carbocycles. The predicted molar refractivity (Wildman–Crippen MR) is 114 cm³/mol. The molecular formula is C24H24FN3O. The van der Waals surface area contributed by atoms with Gasteiger partial charge in [0, 0.05) is 34.3 Å². The largest absolute Gasteiger partial charge is 0.481 e. The Kier molecular flexibility index (Phi) is 5.05. The normalized spacial score (nSPS) is 12.5. The lowest BCUT2D eigenvalue weighted by Gasteiger charge is -2.21. The molecule has 4 rings (SSSR count). The van der Waals surface area contributed by atoms with Gasteiger partial charge in [0.1, 0.15) is 11.6 Å². The maximum Gasteiger partial charge on any atom is 0.217 e. The van der Waals surface area contributed by atoms with Crippen LogP contribution in [-0.2, 0) is 0 Å². The number of aromatic nitrogens is 3. The van der Waals surface area contributed by atoms with Crippen LogP contribution in [0.4, 0.5) is 4.39 Å². The average Bonchev–Trinajstić information content (AvgIpc) is 3.14. The molecule has 29 heavy (non-hydrogen) atoms. The van der Waals surface area contributed by atoms with Crippen LogP contribution in [0, 0.1) is 18.7 Å². The molecule has 0 bridgehead atoms. The van der Waals surface area contributed by atoms with E-state index in [4.69, 9.17) is 9.72 Å². The molecule has 1 N–H and O–H groups in total. The first-order valence-electron chi connectivity index (χ1n) is 9.73. The molecule has 2 aromatic carbocycles. The van der Waals surface area contributed by atoms with Gasteiger partial charge in [0.2, 0.25) is 5.88 Å². The van der Waals surface area contributed by atoms with Crippen molar-refractivity contribution in [3.63, 3.8) is 0 Å². The molecule has 0 amide bonds. The van der Waals surface area contributed by atoms with Crippen molar-refractivity contribution in [1.29, 1.82) is 0 Å². The summed E-state index contributed by atoms with van der Waals surface area (Å²) < 4.78 is 19.9. The van der Waals surface area contributed by atoms with E-state index in [1.807, 2.05) is 49.5 Å². The Bertz CT molecular complexity index is 1170. The molecule has 4 aromatic rings. The summed E-state index contributed by atoms with van der Waals surface area (Å²) in [7, 11) is 1.63. The van der Waals surface area contributed by atoms with Gasteiger partial charge in [0.25, 0.3) is 0 Å². The second-order valence-electron chi connectivity index (χ2n) is 7.64. The Balaban J connectivity index is 1.80. The van der Waals surface area contributed by atoms with Crippen molar-refractivity contribution < 1.29 is 9.13 Å². The van der Waals surface area contributed by atoms with Crippen molar-refractivity contribution in [2.75, 3.05) is 7.11 Å². The van der Waals surface area contributed by atoms with E-state index in [0.717, 1.165) is 33.7 Å². The summed E-state index contributed by atoms with van der Waals surface area (Å²) in [6, 6.07) is 14.8. The number of rotatable bonds is 5. The highest BCUT2D eigenvalue weighted by Gasteiger charge is 2.25. The van der Waals surface area contributed by atoms with E-state index in [2.05, 4.69) is 23.8 Å². The summed E-state index contributed by atoms with van der Waals surface area (Å²) in [6.45, 7) is 6.30. The first-order chi connectivity index (χ1) is 14.0. The minimum atomic E-state index is -0.235. The third-order valence-corrected chi connectivity index (χ3v) is 5.23. The highest BCUT2D eigenvalue weighted by Crippen LogP contribution is 2.36. The number of aromatic amines is 1. The van der Waals surface area contributed by atoms with Crippen molar-refractivity contribution in [2.24, 2.45) is 5.92 Å². The average molecular weight is 389 g/mol. The second kappa shape index (κ2) is 7.66. The molecular weight excluding hydrogens is 365 g/mol. The molecule has 0 radical (unpaired) electrons. The van der Waals surface area contributed by atoms with Crippen molar-refractivity contribution in [2.45, 2.75) is 26.7 Å². The zero-order valence-electron chi connectivity index (χ0n) is 17.0. The Morgan fingerprint density at radius 3 is 2.59 bits per heavy atom. The summed E-state index contributed by atoms with van der Waals surface area (Å²) in [4.78, 5) is 12.6. The highest BCUT2D eigenvalue weighted by atomic mass is 19.1. The number of hydrogen-bond acceptors (Lipinski definition) is 3. The maximum absolute atomic E-state index is 14.2. The SMILES string of the molecule is COc1nc(-c2ccc3cccc(F)c3c2)ccc1C(c1ncc(C)[nH]1)C(C)C. The third-order valence-electron chi connectivity index (χ3n) is 5.23. The Morgan fingerprint density at radius 2 is 1.90 bits per heavy atom. The van der Waals surface area contributed by atoms with Gasteiger partial charge < -0.3 is 9.72 Å². The lowest BCUT2D eigenvalue weighted by atomic mass is 9.88. The van der Waals surface area contributed by atoms with Gasteiger partial charge in [0.05, 0.1) is 12.8 Å². The zero-order valence-corrected chi connectivity index (χ0v) is 17.0. The molecule has 1 atom stereocenters. The number of halogens is 1. The fourth-order valence-electron chi connectivity index (χ4n) is 3.82. The summed E-state index contributed by atoms with van der Waals surface area (Å²) in [5.41, 5.74) is 3.59. The van der Waals surface area contributed by atoms with E-state index in [1.54, 1.807) is 13.2 Å². The summed E-state index contributed by atoms with van der Waals surface area (Å²) in [5, 5.41) is 1.45. The fourth-order valence-corrected chi connectivity index (χ4v) is 3.82. The quantitative estimate of drug-likeness (QED) is 0.464. The molecule has 0 fully saturated rings. The molecule has 0 spiro atoms. The van der Waals surface area contributed by atoms with Crippen LogP contribution in [0.15, 0.2) is 54.7 Å². The van der Waals surface area contributed by atoms with Crippen LogP contribution in [0.5, 0.6) is 5.88 Å². The number of benzene rings is 2. The lowest BCUT2D eigenvalue weighted by Crippen LogP contribution is -2.12. The van der Waals surface area contributed by atoms with Crippen molar-refractivity contribution in [1.82, 2.24) is 15.0 Å². The monoisotopic (exact) mass is 389 g/mol. The number of ether oxygens (including phenoxy) is 1. The first-order valence-corrected chi connectivity index (χ1v) is 9.73. The van der Waals surface area contributed by atoms with Gasteiger partial charge in [-0.05, 0) is 36.4 Å². The van der Waals surface area contributed by atoms with Crippen LogP contribution in [-0.4, -0.2) is 22.1 Å². The topological polar surface area (TPSA) is 50.8 Å². The Morgan fingerprint density at radius 1 is 1.07 bits per heavy atom. The molecule has 0 saturated carbocycles. The number of aryl methyl sites for hydroxylation is 1. The van der Waals surface area contributed by atoms with E-state index in [1.165, 1.54) is 6.07 Å². The number of imidazole rings is 1. The number of nitrogens with zero attached hydrogens (tertiary/aromatic N) is 2. The second-order valence-corrected chi connectivity index (χ2v) is 7.64. The molecule has 5 heteroatoms. The smallest absolute Gasteiger partial charge is 0.217 e. The van der Waals surface area contributed by atoms with Crippen molar-refractivity contribution in [3.05, 3.63) is 77.6 Å². The van der Waals surface area contributed by atoms with Crippen LogP contribution in [0.3, 0.4) is 0 Å². The Labute approximate surface area is 169 Å². The predicted octanol–water partition coefficient (Wildman–Crippen LogP) is 5.87. The van der Waals surface area contributed by atoms with E-state index < -0.39 is 0 Å². The van der Waals surface area contributed by atoms with Crippen molar-refractivity contribution >= 4 is 10.8 Å². The first kappa shape index (κ1) is 19.1. The number of hydrogen-bond donors (Lipinski definition) is 1. The number of pyridine rings is 1. The third kappa shape index (κ3) is 3.60. The van der Waals surface area contributed by atoms with Gasteiger partial charge in [-0.2, -0.15) is 0 Å². The van der Waals surface area contributed by atoms with E-state index in [0.29, 0.717) is 17.2 Å². The summed E-state index contributed by atoms with van der Waals surface area (Å²) in [5.74, 6) is 1.56. The van der Waals surface area contributed by atoms with Gasteiger partial charge in [-0.1, -0.05) is 44.2 Å². The molecule has 4 nitrogen and oxygen atoms in total. The molecule has 1 unspecified atom stereocenters. The standard InChI is InChI=1S/C24H24FN3O/c1-14(2)22(23-26-13-15(3)27-23)18-10-11-21(28-24(18)29-4)17-9-8-16-6-5-7-20(25)19(16)12-17/h5-14,22H,1-4H3,(H,26,27). The van der Waals surface area contributed by atoms with Crippen LogP contribution >= 0.6 is 0 Å². The van der Waals surface area contributed by atoms with Gasteiger partial charge >= 0.3 is 0 Å². The maximum atomic E-state index is 14.2. The van der Waals surface area contributed by atoms with Gasteiger partial charge in [-0.25, -0.2) is 14.4 Å². The number of nitrogens with one attached hydrogen (secondary N) is 1. The van der Waals surface area contributed by atoms with Crippen LogP contribution in [0.25, 0.3) is 22.0 Å².